The molecule has 2 aliphatic heterocycles. The fraction of sp³-hybridized carbons (Fsp3) is 0.917. The molecule has 2 fully saturated rings. The van der Waals surface area contributed by atoms with E-state index in [4.69, 9.17) is 0 Å². The Hall–Kier alpha value is -0.500. The summed E-state index contributed by atoms with van der Waals surface area (Å²) in [5, 5.41) is 0. The van der Waals surface area contributed by atoms with Crippen LogP contribution in [0.3, 0.4) is 0 Å². The Labute approximate surface area is 116 Å². The van der Waals surface area contributed by atoms with Crippen LogP contribution in [0, 0.1) is 0 Å². The van der Waals surface area contributed by atoms with E-state index in [2.05, 4.69) is 9.08 Å². The largest absolute Gasteiger partial charge is 0.338 e. The predicted octanol–water partition coefficient (Wildman–Crippen LogP) is 0.645. The molecule has 0 spiro atoms. The van der Waals surface area contributed by atoms with Gasteiger partial charge in [-0.1, -0.05) is 6.42 Å². The van der Waals surface area contributed by atoms with Crippen LogP contribution in [0.5, 0.6) is 0 Å². The molecule has 6 nitrogen and oxygen atoms in total. The number of carbonyl (C=O) groups is 1. The molecule has 0 atom stereocenters. The molecule has 7 heteroatoms. The van der Waals surface area contributed by atoms with Crippen LogP contribution >= 0.6 is 0 Å². The second-order valence-electron chi connectivity index (χ2n) is 4.93. The van der Waals surface area contributed by atoms with Crippen molar-refractivity contribution in [3.05, 3.63) is 0 Å². The highest BCUT2D eigenvalue weighted by Crippen LogP contribution is 2.12. The van der Waals surface area contributed by atoms with Crippen LogP contribution in [-0.4, -0.2) is 63.7 Å². The van der Waals surface area contributed by atoms with Crippen LogP contribution in [0.2, 0.25) is 0 Å². The third-order valence-corrected chi connectivity index (χ3v) is 4.81. The third kappa shape index (κ3) is 5.99. The molecule has 0 aliphatic carbocycles. The number of nitrogens with zero attached hydrogens (tertiary/aromatic N) is 2. The van der Waals surface area contributed by atoms with Gasteiger partial charge in [0.2, 0.25) is 0 Å². The molecule has 0 amide bonds. The normalized spacial score (nSPS) is 22.7. The first-order chi connectivity index (χ1) is 8.95. The lowest BCUT2D eigenvalue weighted by atomic mass is 10.1. The smallest absolute Gasteiger partial charge is 0.305 e. The Morgan fingerprint density at radius 3 is 1.95 bits per heavy atom. The number of likely N-dealkylation sites (tertiary alicyclic amines) is 1. The molecule has 0 saturated carbocycles. The van der Waals surface area contributed by atoms with Gasteiger partial charge in [-0.15, -0.1) is 0 Å². The van der Waals surface area contributed by atoms with Crippen LogP contribution in [0.25, 0.3) is 0 Å². The number of piperidine rings is 2. The third-order valence-electron chi connectivity index (χ3n) is 3.39. The van der Waals surface area contributed by atoms with E-state index in [1.54, 1.807) is 0 Å². The van der Waals surface area contributed by atoms with Gasteiger partial charge in [0, 0.05) is 39.0 Å². The van der Waals surface area contributed by atoms with Gasteiger partial charge in [-0.3, -0.25) is 8.98 Å². The minimum absolute atomic E-state index is 0.420. The maximum atomic E-state index is 11.1. The molecule has 0 radical (unpaired) electrons. The van der Waals surface area contributed by atoms with Crippen LogP contribution in [-0.2, 0) is 19.3 Å². The summed E-state index contributed by atoms with van der Waals surface area (Å²) in [4.78, 5) is 12.8. The van der Waals surface area contributed by atoms with Gasteiger partial charge in [0.15, 0.2) is 0 Å². The first kappa shape index (κ1) is 16.6. The topological polar surface area (TPSA) is 66.9 Å². The van der Waals surface area contributed by atoms with E-state index in [1.807, 2.05) is 7.05 Å². The molecule has 0 aromatic carbocycles. The van der Waals surface area contributed by atoms with Gasteiger partial charge in [0.05, 0.1) is 7.11 Å². The Morgan fingerprint density at radius 1 is 1.00 bits per heavy atom. The highest BCUT2D eigenvalue weighted by atomic mass is 32.2. The van der Waals surface area contributed by atoms with Gasteiger partial charge in [0.1, 0.15) is 5.78 Å². The van der Waals surface area contributed by atoms with Crippen molar-refractivity contribution >= 4 is 16.1 Å². The Bertz CT molecular complexity index is 367. The van der Waals surface area contributed by atoms with Gasteiger partial charge < -0.3 is 4.90 Å². The van der Waals surface area contributed by atoms with Crippen LogP contribution in [0.1, 0.15) is 32.1 Å². The van der Waals surface area contributed by atoms with Gasteiger partial charge in [-0.2, -0.15) is 12.7 Å². The predicted molar refractivity (Wildman–Crippen MR) is 73.1 cm³/mol. The molecule has 112 valence electrons. The zero-order valence-corrected chi connectivity index (χ0v) is 12.6. The fourth-order valence-corrected chi connectivity index (χ4v) is 2.98. The summed E-state index contributed by atoms with van der Waals surface area (Å²) in [6, 6.07) is 0. The summed E-state index contributed by atoms with van der Waals surface area (Å²) in [5.74, 6) is 0.420. The first-order valence-corrected chi connectivity index (χ1v) is 8.08. The van der Waals surface area contributed by atoms with E-state index >= 15 is 0 Å². The Balaban J connectivity index is 0.000000200. The van der Waals surface area contributed by atoms with Crippen LogP contribution < -0.4 is 0 Å². The van der Waals surface area contributed by atoms with E-state index in [0.29, 0.717) is 18.9 Å². The number of carbonyl (C=O) groups excluding carboxylic acids is 1. The Morgan fingerprint density at radius 2 is 1.53 bits per heavy atom. The summed E-state index contributed by atoms with van der Waals surface area (Å²) in [6.07, 6.45) is 4.54. The van der Waals surface area contributed by atoms with Gasteiger partial charge in [-0.25, -0.2) is 0 Å². The van der Waals surface area contributed by atoms with Crippen LogP contribution in [0.4, 0.5) is 0 Å². The van der Waals surface area contributed by atoms with Crippen molar-refractivity contribution in [2.45, 2.75) is 32.1 Å². The number of hydrogen-bond acceptors (Lipinski definition) is 5. The quantitative estimate of drug-likeness (QED) is 0.747. The van der Waals surface area contributed by atoms with E-state index in [-0.39, 0.29) is 0 Å². The maximum absolute atomic E-state index is 11.1. The molecule has 2 aliphatic rings. The van der Waals surface area contributed by atoms with Gasteiger partial charge in [-0.05, 0) is 19.9 Å². The number of hydrogen-bond donors (Lipinski definition) is 0. The molecule has 0 unspecified atom stereocenters. The lowest BCUT2D eigenvalue weighted by molar-refractivity contribution is -0.121. The van der Waals surface area contributed by atoms with Crippen LogP contribution in [0.15, 0.2) is 0 Å². The summed E-state index contributed by atoms with van der Waals surface area (Å²) >= 11 is 0. The minimum Gasteiger partial charge on any atom is -0.305 e. The highest BCUT2D eigenvalue weighted by molar-refractivity contribution is 7.84. The first-order valence-electron chi connectivity index (χ1n) is 6.71. The standard InChI is InChI=1S/C6H13NO3S.C6H11NO/c1-10-11(8,9)7-5-3-2-4-6-7;1-7-4-2-6(8)3-5-7/h2-6H2,1H3;2-5H2,1H3. The zero-order valence-electron chi connectivity index (χ0n) is 11.8. The summed E-state index contributed by atoms with van der Waals surface area (Å²) in [7, 11) is -0.142. The molecule has 0 aromatic heterocycles. The molecule has 0 bridgehead atoms. The van der Waals surface area contributed by atoms with Crippen molar-refractivity contribution in [1.82, 2.24) is 9.21 Å². The summed E-state index contributed by atoms with van der Waals surface area (Å²) in [6.45, 7) is 3.13. The molecule has 19 heavy (non-hydrogen) atoms. The molecular formula is C12H24N2O4S. The molecule has 2 heterocycles. The zero-order chi connectivity index (χ0) is 14.3. The second kappa shape index (κ2) is 7.94. The van der Waals surface area contributed by atoms with E-state index in [9.17, 15) is 13.2 Å². The minimum atomic E-state index is -3.39. The highest BCUT2D eigenvalue weighted by Gasteiger charge is 2.22. The number of rotatable bonds is 2. The van der Waals surface area contributed by atoms with E-state index in [1.165, 1.54) is 11.4 Å². The average molecular weight is 292 g/mol. The van der Waals surface area contributed by atoms with Gasteiger partial charge >= 0.3 is 10.3 Å². The SMILES string of the molecule is CN1CCC(=O)CC1.COS(=O)(=O)N1CCCCC1. The monoisotopic (exact) mass is 292 g/mol. The molecule has 2 rings (SSSR count). The van der Waals surface area contributed by atoms with E-state index in [0.717, 1.165) is 45.2 Å². The van der Waals surface area contributed by atoms with Crippen molar-refractivity contribution in [1.29, 1.82) is 0 Å². The summed E-state index contributed by atoms with van der Waals surface area (Å²) < 4.78 is 27.9. The number of Topliss-reactive ketones (excluding diaryl/α,β-unsaturated/α-hetero) is 1. The van der Waals surface area contributed by atoms with Crippen molar-refractivity contribution in [3.63, 3.8) is 0 Å². The van der Waals surface area contributed by atoms with Crippen molar-refractivity contribution < 1.29 is 17.4 Å². The number of ketones is 1. The average Bonchev–Trinajstić information content (AvgIpc) is 2.44. The van der Waals surface area contributed by atoms with E-state index < -0.39 is 10.3 Å². The summed E-state index contributed by atoms with van der Waals surface area (Å²) in [5.41, 5.74) is 0. The second-order valence-corrected chi connectivity index (χ2v) is 6.63. The molecular weight excluding hydrogens is 268 g/mol. The lowest BCUT2D eigenvalue weighted by Gasteiger charge is -2.23. The molecule has 0 N–H and O–H groups in total. The van der Waals surface area contributed by atoms with Gasteiger partial charge in [0.25, 0.3) is 0 Å². The van der Waals surface area contributed by atoms with Crippen molar-refractivity contribution in [2.24, 2.45) is 0 Å². The van der Waals surface area contributed by atoms with Crippen molar-refractivity contribution in [3.8, 4) is 0 Å². The van der Waals surface area contributed by atoms with Crippen molar-refractivity contribution in [2.75, 3.05) is 40.3 Å². The lowest BCUT2D eigenvalue weighted by Crippen LogP contribution is -2.36. The maximum Gasteiger partial charge on any atom is 0.338 e. The fourth-order valence-electron chi connectivity index (χ4n) is 2.06. The molecule has 0 aromatic rings. The Kier molecular flexibility index (Phi) is 6.92. The molecule has 2 saturated heterocycles.